The number of nitrogens with one attached hydrogen (secondary N) is 1. The van der Waals surface area contributed by atoms with E-state index in [0.717, 1.165) is 18.5 Å². The molecule has 0 spiro atoms. The van der Waals surface area contributed by atoms with Crippen LogP contribution >= 0.6 is 0 Å². The van der Waals surface area contributed by atoms with E-state index in [1.54, 1.807) is 19.1 Å². The Morgan fingerprint density at radius 1 is 1.59 bits per heavy atom. The molecule has 0 saturated carbocycles. The van der Waals surface area contributed by atoms with Crippen molar-refractivity contribution in [3.63, 3.8) is 0 Å². The highest BCUT2D eigenvalue weighted by atomic mass is 16.4. The summed E-state index contributed by atoms with van der Waals surface area (Å²) in [5, 5.41) is 11.8. The standard InChI is InChI=1S/C15H20N4O3/c1-4-6-12(7-5-8-16-3)18-14-15(22)19(10-13(20)21)11(2)9-17-14/h5,7-9H,3-4,6,10H2,1-2H3,(H,17,18)(H,20,21)/b8-5-,12-7+. The molecule has 0 bridgehead atoms. The van der Waals surface area contributed by atoms with Crippen LogP contribution in [0.2, 0.25) is 0 Å². The fraction of sp³-hybridized carbons (Fsp3) is 0.333. The molecule has 7 heteroatoms. The molecule has 1 rings (SSSR count). The van der Waals surface area contributed by atoms with Crippen LogP contribution in [0.3, 0.4) is 0 Å². The molecule has 0 radical (unpaired) electrons. The average Bonchev–Trinajstić information content (AvgIpc) is 2.46. The lowest BCUT2D eigenvalue weighted by Crippen LogP contribution is -2.29. The van der Waals surface area contributed by atoms with Crippen LogP contribution in [-0.2, 0) is 11.3 Å². The monoisotopic (exact) mass is 304 g/mol. The largest absolute Gasteiger partial charge is 0.480 e. The SMILES string of the molecule is C=N/C=C\C=C(/CCC)Nc1ncc(C)n(CC(=O)O)c1=O. The van der Waals surface area contributed by atoms with Crippen LogP contribution < -0.4 is 10.9 Å². The summed E-state index contributed by atoms with van der Waals surface area (Å²) in [7, 11) is 0. The van der Waals surface area contributed by atoms with Gasteiger partial charge in [0.25, 0.3) is 5.56 Å². The summed E-state index contributed by atoms with van der Waals surface area (Å²) in [6.45, 7) is 6.60. The van der Waals surface area contributed by atoms with E-state index in [0.29, 0.717) is 5.69 Å². The van der Waals surface area contributed by atoms with Gasteiger partial charge in [0.2, 0.25) is 0 Å². The van der Waals surface area contributed by atoms with Gasteiger partial charge in [0.05, 0.1) is 0 Å². The van der Waals surface area contributed by atoms with Crippen LogP contribution in [0.1, 0.15) is 25.5 Å². The zero-order valence-corrected chi connectivity index (χ0v) is 12.7. The van der Waals surface area contributed by atoms with E-state index in [1.165, 1.54) is 17.0 Å². The van der Waals surface area contributed by atoms with Crippen LogP contribution in [0.25, 0.3) is 0 Å². The smallest absolute Gasteiger partial charge is 0.323 e. The van der Waals surface area contributed by atoms with Gasteiger partial charge in [-0.1, -0.05) is 13.3 Å². The number of carbonyl (C=O) groups is 1. The number of aryl methyl sites for hydroxylation is 1. The summed E-state index contributed by atoms with van der Waals surface area (Å²) >= 11 is 0. The summed E-state index contributed by atoms with van der Waals surface area (Å²) in [5.41, 5.74) is 0.822. The number of carboxylic acids is 1. The summed E-state index contributed by atoms with van der Waals surface area (Å²) in [6.07, 6.45) is 8.08. The first kappa shape index (κ1) is 17.4. The van der Waals surface area contributed by atoms with Gasteiger partial charge in [0.15, 0.2) is 5.82 Å². The van der Waals surface area contributed by atoms with Gasteiger partial charge >= 0.3 is 5.97 Å². The van der Waals surface area contributed by atoms with Crippen molar-refractivity contribution >= 4 is 18.5 Å². The fourth-order valence-electron chi connectivity index (χ4n) is 1.82. The number of hydrogen-bond acceptors (Lipinski definition) is 5. The number of hydrogen-bond donors (Lipinski definition) is 2. The number of allylic oxidation sites excluding steroid dienone is 3. The van der Waals surface area contributed by atoms with Crippen LogP contribution in [0.15, 0.2) is 40.0 Å². The molecule has 0 aromatic carbocycles. The van der Waals surface area contributed by atoms with Crippen molar-refractivity contribution in [2.45, 2.75) is 33.2 Å². The maximum absolute atomic E-state index is 12.3. The zero-order chi connectivity index (χ0) is 16.5. The number of aliphatic carboxylic acids is 1. The third kappa shape index (κ3) is 5.01. The van der Waals surface area contributed by atoms with E-state index >= 15 is 0 Å². The van der Waals surface area contributed by atoms with Crippen LogP contribution in [0, 0.1) is 6.92 Å². The first-order valence-corrected chi connectivity index (χ1v) is 6.86. The Hall–Kier alpha value is -2.70. The topological polar surface area (TPSA) is 96.6 Å². The van der Waals surface area contributed by atoms with Crippen molar-refractivity contribution in [1.82, 2.24) is 9.55 Å². The van der Waals surface area contributed by atoms with Gasteiger partial charge in [-0.25, -0.2) is 4.98 Å². The second-order valence-electron chi connectivity index (χ2n) is 4.62. The van der Waals surface area contributed by atoms with E-state index in [2.05, 4.69) is 22.0 Å². The molecule has 0 unspecified atom stereocenters. The molecule has 0 aliphatic rings. The number of aliphatic imine (C=N–C) groups is 1. The van der Waals surface area contributed by atoms with Gasteiger partial charge in [0.1, 0.15) is 6.54 Å². The third-order valence-electron chi connectivity index (χ3n) is 2.83. The Kier molecular flexibility index (Phi) is 6.75. The Balaban J connectivity index is 3.12. The highest BCUT2D eigenvalue weighted by Crippen LogP contribution is 2.08. The Morgan fingerprint density at radius 2 is 2.32 bits per heavy atom. The van der Waals surface area contributed by atoms with E-state index < -0.39 is 18.1 Å². The molecule has 0 aliphatic heterocycles. The van der Waals surface area contributed by atoms with Crippen LogP contribution in [0.4, 0.5) is 5.82 Å². The van der Waals surface area contributed by atoms with Crippen molar-refractivity contribution < 1.29 is 9.90 Å². The van der Waals surface area contributed by atoms with Crippen LogP contribution in [0.5, 0.6) is 0 Å². The lowest BCUT2D eigenvalue weighted by atomic mass is 10.2. The molecule has 0 atom stereocenters. The fourth-order valence-corrected chi connectivity index (χ4v) is 1.82. The van der Waals surface area contributed by atoms with Crippen LogP contribution in [-0.4, -0.2) is 27.3 Å². The summed E-state index contributed by atoms with van der Waals surface area (Å²) < 4.78 is 1.17. The van der Waals surface area contributed by atoms with Gasteiger partial charge < -0.3 is 10.4 Å². The number of aromatic nitrogens is 2. The first-order chi connectivity index (χ1) is 10.5. The molecule has 1 aromatic rings. The van der Waals surface area contributed by atoms with E-state index in [9.17, 15) is 9.59 Å². The highest BCUT2D eigenvalue weighted by molar-refractivity contribution is 5.66. The van der Waals surface area contributed by atoms with Gasteiger partial charge in [-0.3, -0.25) is 19.1 Å². The van der Waals surface area contributed by atoms with E-state index in [1.807, 2.05) is 6.92 Å². The first-order valence-electron chi connectivity index (χ1n) is 6.86. The molecule has 0 fully saturated rings. The maximum Gasteiger partial charge on any atom is 0.323 e. The number of anilines is 1. The summed E-state index contributed by atoms with van der Waals surface area (Å²) in [5.74, 6) is -0.974. The molecule has 22 heavy (non-hydrogen) atoms. The van der Waals surface area contributed by atoms with Crippen molar-refractivity contribution in [3.8, 4) is 0 Å². The van der Waals surface area contributed by atoms with E-state index in [-0.39, 0.29) is 5.82 Å². The second-order valence-corrected chi connectivity index (χ2v) is 4.62. The molecule has 118 valence electrons. The summed E-state index contributed by atoms with van der Waals surface area (Å²) in [4.78, 5) is 30.8. The van der Waals surface area contributed by atoms with Crippen molar-refractivity contribution in [2.75, 3.05) is 5.32 Å². The maximum atomic E-state index is 12.3. The van der Waals surface area contributed by atoms with Gasteiger partial charge in [0, 0.05) is 23.8 Å². The lowest BCUT2D eigenvalue weighted by Gasteiger charge is -2.12. The molecular weight excluding hydrogens is 284 g/mol. The Bertz CT molecular complexity index is 659. The molecule has 0 aliphatic carbocycles. The third-order valence-corrected chi connectivity index (χ3v) is 2.83. The molecule has 0 amide bonds. The molecule has 1 heterocycles. The molecule has 2 N–H and O–H groups in total. The molecule has 1 aromatic heterocycles. The van der Waals surface area contributed by atoms with Crippen molar-refractivity contribution in [3.05, 3.63) is 46.3 Å². The number of nitrogens with zero attached hydrogens (tertiary/aromatic N) is 3. The highest BCUT2D eigenvalue weighted by Gasteiger charge is 2.11. The number of carboxylic acid groups (broad SMARTS) is 1. The summed E-state index contributed by atoms with van der Waals surface area (Å²) in [6, 6.07) is 0. The van der Waals surface area contributed by atoms with Gasteiger partial charge in [-0.05, 0) is 32.2 Å². The van der Waals surface area contributed by atoms with Gasteiger partial charge in [-0.2, -0.15) is 0 Å². The molecule has 0 saturated heterocycles. The minimum atomic E-state index is -1.08. The number of rotatable bonds is 8. The Morgan fingerprint density at radius 3 is 2.91 bits per heavy atom. The van der Waals surface area contributed by atoms with Crippen molar-refractivity contribution in [1.29, 1.82) is 0 Å². The minimum absolute atomic E-state index is 0.103. The lowest BCUT2D eigenvalue weighted by molar-refractivity contribution is -0.137. The quantitative estimate of drug-likeness (QED) is 0.565. The normalized spacial score (nSPS) is 11.6. The second kappa shape index (κ2) is 8.56. The zero-order valence-electron chi connectivity index (χ0n) is 12.7. The minimum Gasteiger partial charge on any atom is -0.480 e. The predicted molar refractivity (Wildman–Crippen MR) is 86.2 cm³/mol. The van der Waals surface area contributed by atoms with Gasteiger partial charge in [-0.15, -0.1) is 0 Å². The van der Waals surface area contributed by atoms with E-state index in [4.69, 9.17) is 5.11 Å². The Labute approximate surface area is 128 Å². The van der Waals surface area contributed by atoms with Crippen molar-refractivity contribution in [2.24, 2.45) is 4.99 Å². The average molecular weight is 304 g/mol. The predicted octanol–water partition coefficient (Wildman–Crippen LogP) is 1.95. The molecule has 7 nitrogen and oxygen atoms in total. The molecular formula is C15H20N4O3.